The van der Waals surface area contributed by atoms with Crippen LogP contribution in [0.1, 0.15) is 71.0 Å². The molecule has 10 nitrogen and oxygen atoms in total. The second kappa shape index (κ2) is 10.2. The van der Waals surface area contributed by atoms with Gasteiger partial charge in [0.25, 0.3) is 5.91 Å². The average molecular weight is 563 g/mol. The summed E-state index contributed by atoms with van der Waals surface area (Å²) in [5, 5.41) is 2.66. The summed E-state index contributed by atoms with van der Waals surface area (Å²) in [6.07, 6.45) is 5.80. The maximum Gasteiger partial charge on any atom is 0.333 e. The lowest BCUT2D eigenvalue weighted by molar-refractivity contribution is -0.143. The molecule has 3 heterocycles. The SMILES string of the molecule is COC(=O)C(NC(=O)c1ccc2c(n1)OCCN2c1cc(C2CC2)nc(C2CC2)c1)c1ccc(S(C)(=O)=O)cc1. The summed E-state index contributed by atoms with van der Waals surface area (Å²) in [5.41, 5.74) is 4.58. The molecule has 3 aliphatic rings. The number of nitrogens with zero attached hydrogens (tertiary/aromatic N) is 3. The van der Waals surface area contributed by atoms with Crippen molar-refractivity contribution in [2.45, 2.75) is 48.5 Å². The van der Waals surface area contributed by atoms with E-state index in [1.54, 1.807) is 12.1 Å². The van der Waals surface area contributed by atoms with Gasteiger partial charge in [-0.15, -0.1) is 0 Å². The molecule has 2 aliphatic carbocycles. The number of nitrogens with one attached hydrogen (secondary N) is 1. The van der Waals surface area contributed by atoms with Crippen molar-refractivity contribution in [2.75, 3.05) is 31.4 Å². The van der Waals surface area contributed by atoms with E-state index in [0.717, 1.165) is 29.0 Å². The second-order valence-corrected chi connectivity index (χ2v) is 12.5. The standard InChI is InChI=1S/C29H30N4O6S/c1-38-29(35)26(19-7-9-21(10-8-19)40(2,36)37)32-27(34)22-11-12-25-28(31-22)39-14-13-33(25)20-15-23(17-3-4-17)30-24(16-20)18-5-6-18/h7-12,15-18,26H,3-6,13-14H2,1-2H3,(H,32,34). The first-order valence-corrected chi connectivity index (χ1v) is 15.2. The zero-order valence-corrected chi connectivity index (χ0v) is 23.1. The maximum absolute atomic E-state index is 13.2. The number of fused-ring (bicyclic) bond motifs is 1. The molecule has 208 valence electrons. The fourth-order valence-corrected chi connectivity index (χ4v) is 5.52. The third-order valence-corrected chi connectivity index (χ3v) is 8.55. The lowest BCUT2D eigenvalue weighted by atomic mass is 10.1. The van der Waals surface area contributed by atoms with Gasteiger partial charge in [0, 0.05) is 35.2 Å². The molecular formula is C29H30N4O6S. The molecule has 0 spiro atoms. The molecule has 1 aliphatic heterocycles. The molecular weight excluding hydrogens is 532 g/mol. The molecule has 1 N–H and O–H groups in total. The number of benzene rings is 1. The molecule has 6 rings (SSSR count). The largest absolute Gasteiger partial charge is 0.474 e. The lowest BCUT2D eigenvalue weighted by Gasteiger charge is -2.31. The van der Waals surface area contributed by atoms with Crippen molar-refractivity contribution in [3.05, 3.63) is 71.2 Å². The van der Waals surface area contributed by atoms with Crippen LogP contribution in [0.5, 0.6) is 5.88 Å². The molecule has 1 aromatic carbocycles. The summed E-state index contributed by atoms with van der Waals surface area (Å²) in [5.74, 6) is 0.113. The van der Waals surface area contributed by atoms with Crippen molar-refractivity contribution in [2.24, 2.45) is 0 Å². The normalized spacial score (nSPS) is 17.4. The number of esters is 1. The summed E-state index contributed by atoms with van der Waals surface area (Å²) in [6.45, 7) is 1.05. The number of pyridine rings is 2. The topological polar surface area (TPSA) is 128 Å². The van der Waals surface area contributed by atoms with Gasteiger partial charge < -0.3 is 19.7 Å². The molecule has 40 heavy (non-hydrogen) atoms. The van der Waals surface area contributed by atoms with Gasteiger partial charge in [-0.3, -0.25) is 9.78 Å². The van der Waals surface area contributed by atoms with Crippen LogP contribution in [0.4, 0.5) is 11.4 Å². The van der Waals surface area contributed by atoms with Crippen LogP contribution < -0.4 is 15.0 Å². The molecule has 11 heteroatoms. The van der Waals surface area contributed by atoms with Crippen molar-refractivity contribution in [1.29, 1.82) is 0 Å². The number of sulfone groups is 1. The van der Waals surface area contributed by atoms with Crippen LogP contribution >= 0.6 is 0 Å². The predicted octanol–water partition coefficient (Wildman–Crippen LogP) is 3.81. The molecule has 1 amide bonds. The predicted molar refractivity (Wildman–Crippen MR) is 147 cm³/mol. The Morgan fingerprint density at radius 2 is 1.65 bits per heavy atom. The van der Waals surface area contributed by atoms with Gasteiger partial charge in [-0.1, -0.05) is 12.1 Å². The van der Waals surface area contributed by atoms with Crippen molar-refractivity contribution >= 4 is 33.1 Å². The van der Waals surface area contributed by atoms with E-state index in [1.165, 1.54) is 57.1 Å². The molecule has 0 bridgehead atoms. The highest BCUT2D eigenvalue weighted by atomic mass is 32.2. The highest BCUT2D eigenvalue weighted by molar-refractivity contribution is 7.90. The van der Waals surface area contributed by atoms with Gasteiger partial charge >= 0.3 is 5.97 Å². The zero-order chi connectivity index (χ0) is 28.0. The van der Waals surface area contributed by atoms with Gasteiger partial charge in [-0.2, -0.15) is 0 Å². The highest BCUT2D eigenvalue weighted by Gasteiger charge is 2.32. The van der Waals surface area contributed by atoms with Crippen molar-refractivity contribution < 1.29 is 27.5 Å². The monoisotopic (exact) mass is 562 g/mol. The molecule has 1 unspecified atom stereocenters. The summed E-state index contributed by atoms with van der Waals surface area (Å²) >= 11 is 0. The first kappa shape index (κ1) is 26.2. The Hall–Kier alpha value is -3.99. The van der Waals surface area contributed by atoms with Crippen LogP contribution in [0.2, 0.25) is 0 Å². The van der Waals surface area contributed by atoms with Crippen LogP contribution in [0.15, 0.2) is 53.4 Å². The minimum Gasteiger partial charge on any atom is -0.474 e. The Morgan fingerprint density at radius 3 is 2.23 bits per heavy atom. The van der Waals surface area contributed by atoms with Gasteiger partial charge in [0.05, 0.1) is 18.6 Å². The minimum atomic E-state index is -3.41. The van der Waals surface area contributed by atoms with Crippen LogP contribution in [-0.4, -0.2) is 56.8 Å². The number of rotatable bonds is 8. The Kier molecular flexibility index (Phi) is 6.69. The quantitative estimate of drug-likeness (QED) is 0.408. The number of anilines is 2. The number of amides is 1. The molecule has 0 saturated heterocycles. The molecule has 2 saturated carbocycles. The van der Waals surface area contributed by atoms with E-state index < -0.39 is 27.8 Å². The van der Waals surface area contributed by atoms with Gasteiger partial charge in [0.15, 0.2) is 15.9 Å². The van der Waals surface area contributed by atoms with E-state index in [-0.39, 0.29) is 10.6 Å². The van der Waals surface area contributed by atoms with Gasteiger partial charge in [-0.25, -0.2) is 18.2 Å². The van der Waals surface area contributed by atoms with Gasteiger partial charge in [0.2, 0.25) is 5.88 Å². The van der Waals surface area contributed by atoms with Crippen molar-refractivity contribution in [3.63, 3.8) is 0 Å². The maximum atomic E-state index is 13.2. The number of carbonyl (C=O) groups is 2. The number of ether oxygens (including phenoxy) is 2. The summed E-state index contributed by atoms with van der Waals surface area (Å²) in [7, 11) is -2.20. The molecule has 2 aromatic heterocycles. The number of hydrogen-bond donors (Lipinski definition) is 1. The summed E-state index contributed by atoms with van der Waals surface area (Å²) in [4.78, 5) is 37.4. The fraction of sp³-hybridized carbons (Fsp3) is 0.379. The van der Waals surface area contributed by atoms with Crippen LogP contribution in [0, 0.1) is 0 Å². The van der Waals surface area contributed by atoms with Gasteiger partial charge in [0.1, 0.15) is 18.0 Å². The van der Waals surface area contributed by atoms with Crippen LogP contribution in [-0.2, 0) is 19.4 Å². The Morgan fingerprint density at radius 1 is 1.00 bits per heavy atom. The first-order valence-electron chi connectivity index (χ1n) is 13.3. The summed E-state index contributed by atoms with van der Waals surface area (Å²) < 4.78 is 34.4. The van der Waals surface area contributed by atoms with Crippen LogP contribution in [0.25, 0.3) is 0 Å². The Balaban J connectivity index is 1.25. The Bertz CT molecular complexity index is 1550. The second-order valence-electron chi connectivity index (χ2n) is 10.5. The van der Waals surface area contributed by atoms with E-state index in [2.05, 4.69) is 27.3 Å². The molecule has 2 fully saturated rings. The average Bonchev–Trinajstić information content (AvgIpc) is 3.87. The van der Waals surface area contributed by atoms with Crippen molar-refractivity contribution in [3.8, 4) is 5.88 Å². The van der Waals surface area contributed by atoms with E-state index in [1.807, 2.05) is 0 Å². The number of methoxy groups -OCH3 is 1. The number of hydrogen-bond acceptors (Lipinski definition) is 9. The Labute approximate surface area is 232 Å². The third kappa shape index (κ3) is 5.38. The third-order valence-electron chi connectivity index (χ3n) is 7.42. The van der Waals surface area contributed by atoms with E-state index in [0.29, 0.717) is 36.4 Å². The number of carbonyl (C=O) groups excluding carboxylic acids is 2. The zero-order valence-electron chi connectivity index (χ0n) is 22.3. The smallest absolute Gasteiger partial charge is 0.333 e. The van der Waals surface area contributed by atoms with E-state index in [4.69, 9.17) is 14.5 Å². The lowest BCUT2D eigenvalue weighted by Crippen LogP contribution is -2.35. The first-order chi connectivity index (χ1) is 19.2. The summed E-state index contributed by atoms with van der Waals surface area (Å²) in [6, 6.07) is 12.3. The van der Waals surface area contributed by atoms with Gasteiger partial charge in [-0.05, 0) is 67.6 Å². The van der Waals surface area contributed by atoms with Crippen LogP contribution in [0.3, 0.4) is 0 Å². The van der Waals surface area contributed by atoms with E-state index in [9.17, 15) is 18.0 Å². The minimum absolute atomic E-state index is 0.0781. The van der Waals surface area contributed by atoms with E-state index >= 15 is 0 Å². The fourth-order valence-electron chi connectivity index (χ4n) is 4.89. The molecule has 1 atom stereocenters. The van der Waals surface area contributed by atoms with Crippen molar-refractivity contribution in [1.82, 2.24) is 15.3 Å². The molecule has 3 aromatic rings. The molecule has 0 radical (unpaired) electrons. The highest BCUT2D eigenvalue weighted by Crippen LogP contribution is 2.46. The number of aromatic nitrogens is 2.